The van der Waals surface area contributed by atoms with E-state index >= 15 is 0 Å². The second-order valence-corrected chi connectivity index (χ2v) is 9.98. The first kappa shape index (κ1) is 21.5. The van der Waals surface area contributed by atoms with Crippen LogP contribution in [0.15, 0.2) is 24.3 Å². The Morgan fingerprint density at radius 3 is 2.46 bits per heavy atom. The highest BCUT2D eigenvalue weighted by molar-refractivity contribution is 7.89. The van der Waals surface area contributed by atoms with Gasteiger partial charge in [0.05, 0.1) is 6.04 Å². The Morgan fingerprint density at radius 1 is 1.14 bits per heavy atom. The van der Waals surface area contributed by atoms with Gasteiger partial charge in [-0.1, -0.05) is 23.7 Å². The molecule has 28 heavy (non-hydrogen) atoms. The molecular weight excluding hydrogens is 400 g/mol. The van der Waals surface area contributed by atoms with Crippen molar-refractivity contribution in [2.45, 2.75) is 18.9 Å². The average Bonchev–Trinajstić information content (AvgIpc) is 3.16. The molecule has 3 rings (SSSR count). The Bertz CT molecular complexity index is 775. The fourth-order valence-electron chi connectivity index (χ4n) is 3.81. The van der Waals surface area contributed by atoms with E-state index < -0.39 is 21.7 Å². The molecule has 1 aromatic rings. The predicted molar refractivity (Wildman–Crippen MR) is 111 cm³/mol. The summed E-state index contributed by atoms with van der Waals surface area (Å²) >= 11 is 6.15. The molecule has 1 atom stereocenters. The maximum atomic E-state index is 12.5. The van der Waals surface area contributed by atoms with Crippen LogP contribution >= 0.6 is 11.6 Å². The lowest BCUT2D eigenvalue weighted by Crippen LogP contribution is -2.49. The van der Waals surface area contributed by atoms with Gasteiger partial charge in [0.1, 0.15) is 5.75 Å². The van der Waals surface area contributed by atoms with Crippen molar-refractivity contribution < 1.29 is 13.2 Å². The first-order valence-corrected chi connectivity index (χ1v) is 11.8. The summed E-state index contributed by atoms with van der Waals surface area (Å²) in [5, 5.41) is 3.50. The molecule has 2 heterocycles. The molecule has 156 valence electrons. The number of carbonyl (C=O) groups is 1. The van der Waals surface area contributed by atoms with Gasteiger partial charge in [-0.2, -0.15) is 4.31 Å². The maximum absolute atomic E-state index is 12.5. The zero-order chi connectivity index (χ0) is 20.1. The van der Waals surface area contributed by atoms with Crippen LogP contribution in [0.2, 0.25) is 5.02 Å². The number of amides is 1. The van der Waals surface area contributed by atoms with E-state index in [1.54, 1.807) is 0 Å². The molecule has 7 nitrogen and oxygen atoms in total. The van der Waals surface area contributed by atoms with E-state index in [1.165, 1.54) is 4.31 Å². The van der Waals surface area contributed by atoms with Gasteiger partial charge in [-0.25, -0.2) is 8.42 Å². The number of rotatable bonds is 7. The van der Waals surface area contributed by atoms with Crippen LogP contribution in [-0.4, -0.2) is 87.0 Å². The molecule has 2 saturated heterocycles. The van der Waals surface area contributed by atoms with Crippen molar-refractivity contribution >= 4 is 27.5 Å². The molecule has 0 unspecified atom stereocenters. The second-order valence-electron chi connectivity index (χ2n) is 7.58. The van der Waals surface area contributed by atoms with E-state index in [-0.39, 0.29) is 6.04 Å². The molecule has 0 saturated carbocycles. The van der Waals surface area contributed by atoms with Gasteiger partial charge in [-0.15, -0.1) is 0 Å². The summed E-state index contributed by atoms with van der Waals surface area (Å²) in [5.74, 6) is -0.955. The van der Waals surface area contributed by atoms with Gasteiger partial charge in [-0.05, 0) is 50.7 Å². The van der Waals surface area contributed by atoms with Crippen LogP contribution in [0.4, 0.5) is 0 Å². The number of hydrogen-bond acceptors (Lipinski definition) is 5. The zero-order valence-electron chi connectivity index (χ0n) is 16.3. The van der Waals surface area contributed by atoms with E-state index in [0.717, 1.165) is 31.5 Å². The minimum Gasteiger partial charge on any atom is -0.353 e. The number of carbonyl (C=O) groups excluding carboxylic acids is 1. The molecule has 0 spiro atoms. The Kier molecular flexibility index (Phi) is 7.33. The molecule has 1 amide bonds. The van der Waals surface area contributed by atoms with E-state index in [1.807, 2.05) is 31.3 Å². The third-order valence-corrected chi connectivity index (χ3v) is 7.49. The van der Waals surface area contributed by atoms with Crippen molar-refractivity contribution in [3.63, 3.8) is 0 Å². The van der Waals surface area contributed by atoms with Gasteiger partial charge in [0.15, 0.2) is 0 Å². The largest absolute Gasteiger partial charge is 0.353 e. The summed E-state index contributed by atoms with van der Waals surface area (Å²) in [6.07, 6.45) is 2.26. The fourth-order valence-corrected chi connectivity index (χ4v) is 5.34. The summed E-state index contributed by atoms with van der Waals surface area (Å²) in [5.41, 5.74) is 1.04. The van der Waals surface area contributed by atoms with Crippen molar-refractivity contribution in [1.29, 1.82) is 0 Å². The van der Waals surface area contributed by atoms with Crippen LogP contribution in [0.5, 0.6) is 0 Å². The average molecular weight is 429 g/mol. The first-order valence-electron chi connectivity index (χ1n) is 9.78. The number of nitrogens with one attached hydrogen (secondary N) is 1. The lowest BCUT2D eigenvalue weighted by Gasteiger charge is -2.31. The number of nitrogens with zero attached hydrogens (tertiary/aromatic N) is 3. The topological polar surface area (TPSA) is 73.0 Å². The van der Waals surface area contributed by atoms with E-state index in [4.69, 9.17) is 11.6 Å². The van der Waals surface area contributed by atoms with Crippen molar-refractivity contribution in [1.82, 2.24) is 19.4 Å². The summed E-state index contributed by atoms with van der Waals surface area (Å²) in [7, 11) is -1.62. The number of halogens is 1. The van der Waals surface area contributed by atoms with Crippen molar-refractivity contribution in [2.75, 3.05) is 58.6 Å². The van der Waals surface area contributed by atoms with E-state index in [0.29, 0.717) is 37.7 Å². The number of piperazine rings is 1. The predicted octanol–water partition coefficient (Wildman–Crippen LogP) is 1.17. The number of hydrogen-bond donors (Lipinski definition) is 1. The SMILES string of the molecule is CN1CCN(S(=O)(=O)CC(=O)NC[C@@H](c2cccc(Cl)c2)N2CCCC2)CC1. The van der Waals surface area contributed by atoms with Crippen LogP contribution < -0.4 is 5.32 Å². The molecule has 2 aliphatic rings. The second kappa shape index (κ2) is 9.54. The van der Waals surface area contributed by atoms with Crippen molar-refractivity contribution in [3.05, 3.63) is 34.9 Å². The minimum atomic E-state index is -3.58. The van der Waals surface area contributed by atoms with Crippen LogP contribution in [0.1, 0.15) is 24.4 Å². The van der Waals surface area contributed by atoms with Gasteiger partial charge in [0, 0.05) is 37.7 Å². The fraction of sp³-hybridized carbons (Fsp3) is 0.632. The summed E-state index contributed by atoms with van der Waals surface area (Å²) in [4.78, 5) is 16.8. The Hall–Kier alpha value is -1.19. The smallest absolute Gasteiger partial charge is 0.236 e. The maximum Gasteiger partial charge on any atom is 0.236 e. The first-order chi connectivity index (χ1) is 13.3. The van der Waals surface area contributed by atoms with Gasteiger partial charge in [0.2, 0.25) is 15.9 Å². The molecule has 0 aromatic heterocycles. The molecule has 0 bridgehead atoms. The van der Waals surface area contributed by atoms with Crippen LogP contribution in [0.3, 0.4) is 0 Å². The lowest BCUT2D eigenvalue weighted by atomic mass is 10.1. The number of sulfonamides is 1. The minimum absolute atomic E-state index is 0.00325. The highest BCUT2D eigenvalue weighted by Gasteiger charge is 2.29. The Morgan fingerprint density at radius 2 is 1.82 bits per heavy atom. The number of likely N-dealkylation sites (N-methyl/N-ethyl adjacent to an activating group) is 1. The molecule has 2 aliphatic heterocycles. The Balaban J connectivity index is 1.60. The molecule has 0 radical (unpaired) electrons. The third kappa shape index (κ3) is 5.67. The van der Waals surface area contributed by atoms with Crippen LogP contribution in [-0.2, 0) is 14.8 Å². The summed E-state index contributed by atoms with van der Waals surface area (Å²) in [6.45, 7) is 4.55. The standard InChI is InChI=1S/C19H29ClN4O3S/c1-22-9-11-24(12-10-22)28(26,27)15-19(25)21-14-18(23-7-2-3-8-23)16-5-4-6-17(20)13-16/h4-6,13,18H,2-3,7-12,14-15H2,1H3,(H,21,25)/t18-/m0/s1. The Labute approximate surface area is 172 Å². The normalized spacial score (nSPS) is 20.9. The molecule has 1 N–H and O–H groups in total. The molecule has 2 fully saturated rings. The molecule has 0 aliphatic carbocycles. The number of likely N-dealkylation sites (tertiary alicyclic amines) is 1. The monoisotopic (exact) mass is 428 g/mol. The summed E-state index contributed by atoms with van der Waals surface area (Å²) < 4.78 is 26.5. The number of benzene rings is 1. The molecule has 9 heteroatoms. The third-order valence-electron chi connectivity index (χ3n) is 5.48. The molecule has 1 aromatic carbocycles. The van der Waals surface area contributed by atoms with E-state index in [2.05, 4.69) is 15.1 Å². The zero-order valence-corrected chi connectivity index (χ0v) is 17.9. The quantitative estimate of drug-likeness (QED) is 0.705. The highest BCUT2D eigenvalue weighted by atomic mass is 35.5. The van der Waals surface area contributed by atoms with Crippen molar-refractivity contribution in [3.8, 4) is 0 Å². The van der Waals surface area contributed by atoms with Gasteiger partial charge in [-0.3, -0.25) is 9.69 Å². The van der Waals surface area contributed by atoms with Crippen molar-refractivity contribution in [2.24, 2.45) is 0 Å². The van der Waals surface area contributed by atoms with Crippen LogP contribution in [0, 0.1) is 0 Å². The highest BCUT2D eigenvalue weighted by Crippen LogP contribution is 2.26. The lowest BCUT2D eigenvalue weighted by molar-refractivity contribution is -0.118. The van der Waals surface area contributed by atoms with E-state index in [9.17, 15) is 13.2 Å². The van der Waals surface area contributed by atoms with Gasteiger partial charge in [0.25, 0.3) is 0 Å². The molecular formula is C19H29ClN4O3S. The van der Waals surface area contributed by atoms with Crippen LogP contribution in [0.25, 0.3) is 0 Å². The summed E-state index contributed by atoms with van der Waals surface area (Å²) in [6, 6.07) is 7.64. The van der Waals surface area contributed by atoms with Gasteiger partial charge >= 0.3 is 0 Å². The van der Waals surface area contributed by atoms with Gasteiger partial charge < -0.3 is 10.2 Å².